The maximum Gasteiger partial charge on any atom is 0.161 e. The predicted octanol–water partition coefficient (Wildman–Crippen LogP) is 3.76. The smallest absolute Gasteiger partial charge is 0.161 e. The highest BCUT2D eigenvalue weighted by molar-refractivity contribution is 5.43. The van der Waals surface area contributed by atoms with Crippen LogP contribution in [0.4, 0.5) is 0 Å². The molecule has 0 radical (unpaired) electrons. The Morgan fingerprint density at radius 2 is 1.59 bits per heavy atom. The van der Waals surface area contributed by atoms with Crippen LogP contribution in [-0.4, -0.2) is 56.7 Å². The van der Waals surface area contributed by atoms with Crippen LogP contribution < -0.4 is 9.47 Å². The second kappa shape index (κ2) is 9.77. The Morgan fingerprint density at radius 3 is 2.30 bits per heavy atom. The van der Waals surface area contributed by atoms with Crippen LogP contribution in [0.1, 0.15) is 23.1 Å². The van der Waals surface area contributed by atoms with Crippen LogP contribution in [0.15, 0.2) is 42.5 Å². The third-order valence-corrected chi connectivity index (χ3v) is 5.28. The first-order valence-electron chi connectivity index (χ1n) is 9.90. The maximum atomic E-state index is 5.98. The highest BCUT2D eigenvalue weighted by atomic mass is 16.5. The molecule has 0 aliphatic carbocycles. The second-order valence-corrected chi connectivity index (χ2v) is 7.51. The monoisotopic (exact) mass is 368 g/mol. The third kappa shape index (κ3) is 5.98. The lowest BCUT2D eigenvalue weighted by Gasteiger charge is -2.32. The van der Waals surface area contributed by atoms with Crippen molar-refractivity contribution in [2.45, 2.75) is 26.4 Å². The van der Waals surface area contributed by atoms with Gasteiger partial charge in [-0.3, -0.25) is 0 Å². The van der Waals surface area contributed by atoms with Crippen molar-refractivity contribution in [1.82, 2.24) is 9.80 Å². The summed E-state index contributed by atoms with van der Waals surface area (Å²) in [6, 6.07) is 14.8. The van der Waals surface area contributed by atoms with Crippen LogP contribution in [0.2, 0.25) is 0 Å². The minimum Gasteiger partial charge on any atom is -0.493 e. The van der Waals surface area contributed by atoms with E-state index in [1.807, 2.05) is 6.07 Å². The highest BCUT2D eigenvalue weighted by Gasteiger charge is 2.13. The topological polar surface area (TPSA) is 24.9 Å². The van der Waals surface area contributed by atoms with Crippen LogP contribution in [0.3, 0.4) is 0 Å². The molecule has 1 saturated heterocycles. The SMILES string of the molecule is COc1cc(CCCN2CCN(C)CC2)ccc1OCc1ccc(C)cc1. The number of benzene rings is 2. The lowest BCUT2D eigenvalue weighted by Crippen LogP contribution is -2.44. The van der Waals surface area contributed by atoms with E-state index >= 15 is 0 Å². The molecule has 2 aromatic carbocycles. The molecular formula is C23H32N2O2. The largest absolute Gasteiger partial charge is 0.493 e. The molecule has 2 aromatic rings. The van der Waals surface area contributed by atoms with Crippen molar-refractivity contribution < 1.29 is 9.47 Å². The molecule has 0 amide bonds. The van der Waals surface area contributed by atoms with Crippen molar-refractivity contribution >= 4 is 0 Å². The molecule has 0 aromatic heterocycles. The summed E-state index contributed by atoms with van der Waals surface area (Å²) in [6.45, 7) is 8.55. The normalized spacial score (nSPS) is 15.7. The van der Waals surface area contributed by atoms with E-state index in [0.717, 1.165) is 17.9 Å². The van der Waals surface area contributed by atoms with Crippen LogP contribution >= 0.6 is 0 Å². The molecule has 0 N–H and O–H groups in total. The molecule has 0 spiro atoms. The first-order chi connectivity index (χ1) is 13.1. The molecule has 0 saturated carbocycles. The summed E-state index contributed by atoms with van der Waals surface area (Å²) >= 11 is 0. The molecule has 0 atom stereocenters. The second-order valence-electron chi connectivity index (χ2n) is 7.51. The molecule has 146 valence electrons. The van der Waals surface area contributed by atoms with Gasteiger partial charge in [-0.05, 0) is 56.6 Å². The summed E-state index contributed by atoms with van der Waals surface area (Å²) in [5, 5.41) is 0. The molecule has 1 fully saturated rings. The quantitative estimate of drug-likeness (QED) is 0.708. The molecule has 1 heterocycles. The summed E-state index contributed by atoms with van der Waals surface area (Å²) in [5.74, 6) is 1.63. The highest BCUT2D eigenvalue weighted by Crippen LogP contribution is 2.29. The lowest BCUT2D eigenvalue weighted by atomic mass is 10.1. The van der Waals surface area contributed by atoms with Crippen molar-refractivity contribution in [1.29, 1.82) is 0 Å². The van der Waals surface area contributed by atoms with Gasteiger partial charge in [0.05, 0.1) is 7.11 Å². The van der Waals surface area contributed by atoms with Crippen LogP contribution in [0.25, 0.3) is 0 Å². The molecule has 0 bridgehead atoms. The minimum atomic E-state index is 0.555. The number of methoxy groups -OCH3 is 1. The first kappa shape index (κ1) is 19.7. The lowest BCUT2D eigenvalue weighted by molar-refractivity contribution is 0.153. The van der Waals surface area contributed by atoms with Crippen LogP contribution in [-0.2, 0) is 13.0 Å². The van der Waals surface area contributed by atoms with E-state index < -0.39 is 0 Å². The van der Waals surface area contributed by atoms with E-state index in [1.165, 1.54) is 55.8 Å². The first-order valence-corrected chi connectivity index (χ1v) is 9.90. The Labute approximate surface area is 163 Å². The molecule has 4 nitrogen and oxygen atoms in total. The van der Waals surface area contributed by atoms with E-state index in [0.29, 0.717) is 6.61 Å². The zero-order valence-corrected chi connectivity index (χ0v) is 16.9. The zero-order chi connectivity index (χ0) is 19.1. The van der Waals surface area contributed by atoms with Gasteiger partial charge in [0.25, 0.3) is 0 Å². The summed E-state index contributed by atoms with van der Waals surface area (Å²) in [4.78, 5) is 4.97. The molecule has 4 heteroatoms. The maximum absolute atomic E-state index is 5.98. The van der Waals surface area contributed by atoms with Crippen molar-refractivity contribution in [3.8, 4) is 11.5 Å². The molecule has 3 rings (SSSR count). The van der Waals surface area contributed by atoms with Gasteiger partial charge in [-0.15, -0.1) is 0 Å². The number of aryl methyl sites for hydroxylation is 2. The van der Waals surface area contributed by atoms with Crippen LogP contribution in [0, 0.1) is 6.92 Å². The van der Waals surface area contributed by atoms with Gasteiger partial charge in [-0.1, -0.05) is 35.9 Å². The van der Waals surface area contributed by atoms with Crippen molar-refractivity contribution in [2.24, 2.45) is 0 Å². The Bertz CT molecular complexity index is 707. The molecule has 0 unspecified atom stereocenters. The number of rotatable bonds is 8. The zero-order valence-electron chi connectivity index (χ0n) is 16.9. The number of nitrogens with zero attached hydrogens (tertiary/aromatic N) is 2. The van der Waals surface area contributed by atoms with Gasteiger partial charge in [-0.2, -0.15) is 0 Å². The average molecular weight is 369 g/mol. The standard InChI is InChI=1S/C23H32N2O2/c1-19-6-8-21(9-7-19)18-27-22-11-10-20(17-23(22)26-3)5-4-12-25-15-13-24(2)14-16-25/h6-11,17H,4-5,12-16,18H2,1-3H3. The predicted molar refractivity (Wildman–Crippen MR) is 111 cm³/mol. The summed E-state index contributed by atoms with van der Waals surface area (Å²) in [5.41, 5.74) is 3.74. The van der Waals surface area contributed by atoms with E-state index in [9.17, 15) is 0 Å². The Morgan fingerprint density at radius 1 is 0.889 bits per heavy atom. The van der Waals surface area contributed by atoms with Crippen molar-refractivity contribution in [2.75, 3.05) is 46.9 Å². The molecule has 27 heavy (non-hydrogen) atoms. The van der Waals surface area contributed by atoms with Gasteiger partial charge in [0.15, 0.2) is 11.5 Å². The average Bonchev–Trinajstić information content (AvgIpc) is 2.69. The molecular weight excluding hydrogens is 336 g/mol. The third-order valence-electron chi connectivity index (χ3n) is 5.28. The minimum absolute atomic E-state index is 0.555. The number of hydrogen-bond donors (Lipinski definition) is 0. The summed E-state index contributed by atoms with van der Waals surface area (Å²) in [6.07, 6.45) is 2.25. The van der Waals surface area contributed by atoms with Gasteiger partial charge in [0.2, 0.25) is 0 Å². The van der Waals surface area contributed by atoms with Crippen LogP contribution in [0.5, 0.6) is 11.5 Å². The van der Waals surface area contributed by atoms with E-state index in [1.54, 1.807) is 7.11 Å². The van der Waals surface area contributed by atoms with E-state index in [4.69, 9.17) is 9.47 Å². The fourth-order valence-corrected chi connectivity index (χ4v) is 3.41. The van der Waals surface area contributed by atoms with Gasteiger partial charge in [0.1, 0.15) is 6.61 Å². The summed E-state index contributed by atoms with van der Waals surface area (Å²) in [7, 11) is 3.91. The van der Waals surface area contributed by atoms with Crippen molar-refractivity contribution in [3.05, 3.63) is 59.2 Å². The Balaban J connectivity index is 1.50. The fraction of sp³-hybridized carbons (Fsp3) is 0.478. The van der Waals surface area contributed by atoms with Gasteiger partial charge in [0, 0.05) is 26.2 Å². The number of piperazine rings is 1. The summed E-state index contributed by atoms with van der Waals surface area (Å²) < 4.78 is 11.5. The molecule has 1 aliphatic rings. The number of hydrogen-bond acceptors (Lipinski definition) is 4. The van der Waals surface area contributed by atoms with Gasteiger partial charge < -0.3 is 19.3 Å². The number of ether oxygens (including phenoxy) is 2. The Hall–Kier alpha value is -2.04. The van der Waals surface area contributed by atoms with Gasteiger partial charge >= 0.3 is 0 Å². The van der Waals surface area contributed by atoms with E-state index in [-0.39, 0.29) is 0 Å². The van der Waals surface area contributed by atoms with Gasteiger partial charge in [-0.25, -0.2) is 0 Å². The van der Waals surface area contributed by atoms with Crippen molar-refractivity contribution in [3.63, 3.8) is 0 Å². The Kier molecular flexibility index (Phi) is 7.13. The fourth-order valence-electron chi connectivity index (χ4n) is 3.41. The van der Waals surface area contributed by atoms with E-state index in [2.05, 4.69) is 60.2 Å². The molecule has 1 aliphatic heterocycles. The number of likely N-dealkylation sites (N-methyl/N-ethyl adjacent to an activating group) is 1.